The Morgan fingerprint density at radius 2 is 1.70 bits per heavy atom. The molecule has 0 aromatic carbocycles. The molecule has 0 spiro atoms. The Kier molecular flexibility index (Phi) is 6.35. The molecule has 2 aliphatic heterocycles. The Bertz CT molecular complexity index is 263. The minimum atomic E-state index is 0.791. The first kappa shape index (κ1) is 16.3. The van der Waals surface area contributed by atoms with Gasteiger partial charge in [-0.1, -0.05) is 27.2 Å². The van der Waals surface area contributed by atoms with Crippen molar-refractivity contribution in [3.05, 3.63) is 0 Å². The van der Waals surface area contributed by atoms with Crippen molar-refractivity contribution in [1.29, 1.82) is 0 Å². The van der Waals surface area contributed by atoms with Gasteiger partial charge < -0.3 is 5.32 Å². The molecule has 20 heavy (non-hydrogen) atoms. The van der Waals surface area contributed by atoms with Gasteiger partial charge in [-0.15, -0.1) is 0 Å². The minimum absolute atomic E-state index is 0.791. The summed E-state index contributed by atoms with van der Waals surface area (Å²) in [7, 11) is 0. The molecule has 2 aliphatic rings. The zero-order valence-electron chi connectivity index (χ0n) is 14.2. The quantitative estimate of drug-likeness (QED) is 0.752. The van der Waals surface area contributed by atoms with Crippen molar-refractivity contribution in [1.82, 2.24) is 10.2 Å². The Morgan fingerprint density at radius 3 is 2.25 bits per heavy atom. The van der Waals surface area contributed by atoms with E-state index >= 15 is 0 Å². The van der Waals surface area contributed by atoms with Crippen LogP contribution in [0.1, 0.15) is 79.1 Å². The first-order valence-electron chi connectivity index (χ1n) is 9.12. The average molecular weight is 280 g/mol. The molecule has 118 valence electrons. The van der Waals surface area contributed by atoms with Crippen LogP contribution in [0.25, 0.3) is 0 Å². The summed E-state index contributed by atoms with van der Waals surface area (Å²) in [5.74, 6) is 0.848. The Morgan fingerprint density at radius 1 is 1.05 bits per heavy atom. The third kappa shape index (κ3) is 4.21. The molecule has 2 fully saturated rings. The molecule has 2 rings (SSSR count). The number of rotatable bonds is 7. The molecular weight excluding hydrogens is 244 g/mol. The standard InChI is InChI=1S/C18H36N2/c1-5-11-19-16-12-17-7-6-8-18(13-16)20(17)15(4)10-9-14(2)3/h14-19H,5-13H2,1-4H3. The molecule has 0 amide bonds. The predicted molar refractivity (Wildman–Crippen MR) is 88.1 cm³/mol. The Hall–Kier alpha value is -0.0800. The summed E-state index contributed by atoms with van der Waals surface area (Å²) in [5.41, 5.74) is 0. The van der Waals surface area contributed by atoms with E-state index < -0.39 is 0 Å². The van der Waals surface area contributed by atoms with Gasteiger partial charge in [-0.05, 0) is 64.3 Å². The van der Waals surface area contributed by atoms with E-state index in [0.717, 1.165) is 30.1 Å². The molecule has 1 N–H and O–H groups in total. The Labute approximate surface area is 126 Å². The Balaban J connectivity index is 1.90. The van der Waals surface area contributed by atoms with Crippen LogP contribution in [0.5, 0.6) is 0 Å². The summed E-state index contributed by atoms with van der Waals surface area (Å²) < 4.78 is 0. The summed E-state index contributed by atoms with van der Waals surface area (Å²) in [4.78, 5) is 2.91. The summed E-state index contributed by atoms with van der Waals surface area (Å²) in [6.07, 6.45) is 11.2. The lowest BCUT2D eigenvalue weighted by Gasteiger charge is -2.52. The lowest BCUT2D eigenvalue weighted by molar-refractivity contribution is -0.00902. The molecule has 2 nitrogen and oxygen atoms in total. The fourth-order valence-electron chi connectivity index (χ4n) is 4.38. The second-order valence-electron chi connectivity index (χ2n) is 7.63. The van der Waals surface area contributed by atoms with E-state index in [-0.39, 0.29) is 0 Å². The molecule has 2 heterocycles. The van der Waals surface area contributed by atoms with Gasteiger partial charge in [0.1, 0.15) is 0 Å². The third-order valence-electron chi connectivity index (χ3n) is 5.38. The molecule has 0 aromatic heterocycles. The lowest BCUT2D eigenvalue weighted by Crippen LogP contribution is -2.59. The highest BCUT2D eigenvalue weighted by molar-refractivity contribution is 4.96. The fourth-order valence-corrected chi connectivity index (χ4v) is 4.38. The van der Waals surface area contributed by atoms with Gasteiger partial charge in [0.15, 0.2) is 0 Å². The molecule has 2 heteroatoms. The molecule has 0 aromatic rings. The highest BCUT2D eigenvalue weighted by Gasteiger charge is 2.39. The number of nitrogens with one attached hydrogen (secondary N) is 1. The van der Waals surface area contributed by atoms with Crippen LogP contribution in [0.4, 0.5) is 0 Å². The van der Waals surface area contributed by atoms with Crippen molar-refractivity contribution in [2.45, 2.75) is 103 Å². The van der Waals surface area contributed by atoms with Crippen molar-refractivity contribution in [2.24, 2.45) is 5.92 Å². The lowest BCUT2D eigenvalue weighted by atomic mass is 9.80. The number of fused-ring (bicyclic) bond motifs is 2. The summed E-state index contributed by atoms with van der Waals surface area (Å²) in [5, 5.41) is 3.78. The van der Waals surface area contributed by atoms with Crippen molar-refractivity contribution < 1.29 is 0 Å². The second kappa shape index (κ2) is 7.79. The number of hydrogen-bond acceptors (Lipinski definition) is 2. The summed E-state index contributed by atoms with van der Waals surface area (Å²) in [6, 6.07) is 3.30. The van der Waals surface area contributed by atoms with Gasteiger partial charge in [0, 0.05) is 24.2 Å². The van der Waals surface area contributed by atoms with Gasteiger partial charge in [-0.25, -0.2) is 0 Å². The largest absolute Gasteiger partial charge is 0.314 e. The normalized spacial score (nSPS) is 32.5. The molecule has 0 saturated carbocycles. The fraction of sp³-hybridized carbons (Fsp3) is 1.00. The maximum absolute atomic E-state index is 3.78. The van der Waals surface area contributed by atoms with Gasteiger partial charge in [0.25, 0.3) is 0 Å². The molecular formula is C18H36N2. The molecule has 0 aliphatic carbocycles. The topological polar surface area (TPSA) is 15.3 Å². The number of piperidine rings is 2. The highest BCUT2D eigenvalue weighted by Crippen LogP contribution is 2.36. The zero-order valence-corrected chi connectivity index (χ0v) is 14.2. The van der Waals surface area contributed by atoms with Crippen LogP contribution in [-0.4, -0.2) is 35.6 Å². The summed E-state index contributed by atoms with van der Waals surface area (Å²) >= 11 is 0. The maximum Gasteiger partial charge on any atom is 0.0116 e. The van der Waals surface area contributed by atoms with Crippen molar-refractivity contribution in [2.75, 3.05) is 6.54 Å². The zero-order chi connectivity index (χ0) is 14.5. The van der Waals surface area contributed by atoms with Crippen LogP contribution < -0.4 is 5.32 Å². The first-order chi connectivity index (χ1) is 9.61. The van der Waals surface area contributed by atoms with E-state index in [0.29, 0.717) is 0 Å². The van der Waals surface area contributed by atoms with Crippen molar-refractivity contribution in [3.8, 4) is 0 Å². The van der Waals surface area contributed by atoms with Crippen LogP contribution in [0.15, 0.2) is 0 Å². The van der Waals surface area contributed by atoms with Gasteiger partial charge in [-0.2, -0.15) is 0 Å². The maximum atomic E-state index is 3.78. The van der Waals surface area contributed by atoms with Crippen LogP contribution in [0, 0.1) is 5.92 Å². The van der Waals surface area contributed by atoms with E-state index in [1.807, 2.05) is 0 Å². The van der Waals surface area contributed by atoms with E-state index in [1.165, 1.54) is 57.9 Å². The van der Waals surface area contributed by atoms with Crippen LogP contribution in [0.3, 0.4) is 0 Å². The van der Waals surface area contributed by atoms with Crippen molar-refractivity contribution in [3.63, 3.8) is 0 Å². The van der Waals surface area contributed by atoms with Crippen LogP contribution in [-0.2, 0) is 0 Å². The summed E-state index contributed by atoms with van der Waals surface area (Å²) in [6.45, 7) is 10.7. The highest BCUT2D eigenvalue weighted by atomic mass is 15.2. The van der Waals surface area contributed by atoms with Gasteiger partial charge in [0.2, 0.25) is 0 Å². The monoisotopic (exact) mass is 280 g/mol. The molecule has 0 radical (unpaired) electrons. The molecule has 3 unspecified atom stereocenters. The van der Waals surface area contributed by atoms with E-state index in [4.69, 9.17) is 0 Å². The molecule has 2 saturated heterocycles. The minimum Gasteiger partial charge on any atom is -0.314 e. The van der Waals surface area contributed by atoms with Gasteiger partial charge in [-0.3, -0.25) is 4.90 Å². The van der Waals surface area contributed by atoms with Gasteiger partial charge in [0.05, 0.1) is 0 Å². The van der Waals surface area contributed by atoms with Crippen LogP contribution in [0.2, 0.25) is 0 Å². The van der Waals surface area contributed by atoms with Gasteiger partial charge >= 0.3 is 0 Å². The molecule has 3 atom stereocenters. The van der Waals surface area contributed by atoms with Crippen LogP contribution >= 0.6 is 0 Å². The number of hydrogen-bond donors (Lipinski definition) is 1. The SMILES string of the molecule is CCCNC1CC2CCCC(C1)N2C(C)CCC(C)C. The first-order valence-corrected chi connectivity index (χ1v) is 9.12. The van der Waals surface area contributed by atoms with E-state index in [2.05, 4.69) is 37.9 Å². The van der Waals surface area contributed by atoms with E-state index in [1.54, 1.807) is 0 Å². The smallest absolute Gasteiger partial charge is 0.0116 e. The average Bonchev–Trinajstić information content (AvgIpc) is 2.41. The van der Waals surface area contributed by atoms with E-state index in [9.17, 15) is 0 Å². The molecule has 2 bridgehead atoms. The third-order valence-corrected chi connectivity index (χ3v) is 5.38. The number of nitrogens with zero attached hydrogens (tertiary/aromatic N) is 1. The van der Waals surface area contributed by atoms with Crippen molar-refractivity contribution >= 4 is 0 Å². The second-order valence-corrected chi connectivity index (χ2v) is 7.63. The predicted octanol–water partition coefficient (Wildman–Crippen LogP) is 4.20.